The van der Waals surface area contributed by atoms with Crippen molar-refractivity contribution in [3.05, 3.63) is 0 Å². The van der Waals surface area contributed by atoms with Crippen LogP contribution in [0.15, 0.2) is 0 Å². The summed E-state index contributed by atoms with van der Waals surface area (Å²) in [6.45, 7) is 7.18. The molecule has 8 heteroatoms. The zero-order chi connectivity index (χ0) is 15.1. The van der Waals surface area contributed by atoms with Gasteiger partial charge in [-0.2, -0.15) is 9.36 Å². The molecule has 118 valence electrons. The maximum atomic E-state index is 11.9. The number of hydrogen-bond acceptors (Lipinski definition) is 7. The molecule has 0 spiro atoms. The van der Waals surface area contributed by atoms with Crippen LogP contribution in [0, 0.1) is 0 Å². The van der Waals surface area contributed by atoms with Gasteiger partial charge in [-0.1, -0.05) is 0 Å². The summed E-state index contributed by atoms with van der Waals surface area (Å²) in [5.41, 5.74) is 0. The summed E-state index contributed by atoms with van der Waals surface area (Å²) in [7, 11) is 0. The van der Waals surface area contributed by atoms with Crippen molar-refractivity contribution in [2.24, 2.45) is 0 Å². The molecule has 2 heterocycles. The van der Waals surface area contributed by atoms with Crippen molar-refractivity contribution in [3.8, 4) is 0 Å². The third-order valence-electron chi connectivity index (χ3n) is 3.20. The highest BCUT2D eigenvalue weighted by Crippen LogP contribution is 2.23. The summed E-state index contributed by atoms with van der Waals surface area (Å²) in [6.07, 6.45) is 1.82. The molecule has 0 saturated carbocycles. The Morgan fingerprint density at radius 1 is 1.43 bits per heavy atom. The molecule has 1 amide bonds. The summed E-state index contributed by atoms with van der Waals surface area (Å²) in [6, 6.07) is 0. The molecule has 1 saturated heterocycles. The summed E-state index contributed by atoms with van der Waals surface area (Å²) in [5.74, 6) is 0.115. The lowest BCUT2D eigenvalue weighted by Gasteiger charge is -2.12. The number of aromatic nitrogens is 2. The van der Waals surface area contributed by atoms with Crippen molar-refractivity contribution in [3.63, 3.8) is 0 Å². The lowest BCUT2D eigenvalue weighted by molar-refractivity contribution is -0.127. The van der Waals surface area contributed by atoms with E-state index in [1.807, 2.05) is 6.92 Å². The van der Waals surface area contributed by atoms with Crippen LogP contribution < -0.4 is 10.2 Å². The van der Waals surface area contributed by atoms with Gasteiger partial charge in [-0.3, -0.25) is 10.1 Å². The molecular weight excluding hydrogens is 292 g/mol. The normalized spacial score (nSPS) is 16.2. The number of carbonyl (C=O) groups excluding carboxylic acids is 1. The maximum Gasteiger partial charge on any atom is 0.255 e. The van der Waals surface area contributed by atoms with Crippen LogP contribution in [0.1, 0.15) is 26.7 Å². The monoisotopic (exact) mass is 314 g/mol. The Morgan fingerprint density at radius 3 is 2.90 bits per heavy atom. The molecule has 1 fully saturated rings. The molecule has 1 aromatic rings. The molecule has 1 N–H and O–H groups in total. The zero-order valence-electron chi connectivity index (χ0n) is 12.5. The molecule has 0 aliphatic carbocycles. The molecule has 0 aromatic carbocycles. The summed E-state index contributed by atoms with van der Waals surface area (Å²) in [5, 5.41) is 3.55. The standard InChI is InChI=1S/C13H22N4O3S/c1-3-19-8-9-20-10(2)11(18)14-12-15-13(21-16-12)17-6-4-5-7-17/h10H,3-9H2,1-2H3,(H,14,16,18)/t10-/m1/s1. The second-order valence-corrected chi connectivity index (χ2v) is 5.52. The maximum absolute atomic E-state index is 11.9. The molecule has 0 radical (unpaired) electrons. The number of hydrogen-bond donors (Lipinski definition) is 1. The third-order valence-corrected chi connectivity index (χ3v) is 3.97. The van der Waals surface area contributed by atoms with Gasteiger partial charge < -0.3 is 14.4 Å². The van der Waals surface area contributed by atoms with Gasteiger partial charge in [0.1, 0.15) is 6.10 Å². The molecular formula is C13H22N4O3S. The topological polar surface area (TPSA) is 76.6 Å². The first-order valence-electron chi connectivity index (χ1n) is 7.29. The predicted octanol–water partition coefficient (Wildman–Crippen LogP) is 1.52. The van der Waals surface area contributed by atoms with Crippen LogP contribution in [0.3, 0.4) is 0 Å². The number of ether oxygens (including phenoxy) is 2. The van der Waals surface area contributed by atoms with Crippen molar-refractivity contribution >= 4 is 28.5 Å². The van der Waals surface area contributed by atoms with Crippen LogP contribution in [0.5, 0.6) is 0 Å². The molecule has 1 atom stereocenters. The van der Waals surface area contributed by atoms with Gasteiger partial charge in [-0.25, -0.2) is 0 Å². The van der Waals surface area contributed by atoms with E-state index in [1.165, 1.54) is 24.4 Å². The highest BCUT2D eigenvalue weighted by atomic mass is 32.1. The van der Waals surface area contributed by atoms with Gasteiger partial charge in [0.05, 0.1) is 13.2 Å². The van der Waals surface area contributed by atoms with Crippen LogP contribution in [-0.2, 0) is 14.3 Å². The average molecular weight is 314 g/mol. The van der Waals surface area contributed by atoms with Crippen LogP contribution in [-0.4, -0.2) is 54.3 Å². The number of anilines is 2. The minimum Gasteiger partial charge on any atom is -0.379 e. The number of nitrogens with one attached hydrogen (secondary N) is 1. The molecule has 1 aliphatic heterocycles. The van der Waals surface area contributed by atoms with Gasteiger partial charge in [-0.15, -0.1) is 0 Å². The largest absolute Gasteiger partial charge is 0.379 e. The highest BCUT2D eigenvalue weighted by Gasteiger charge is 2.19. The van der Waals surface area contributed by atoms with Crippen LogP contribution in [0.2, 0.25) is 0 Å². The second kappa shape index (κ2) is 8.26. The Morgan fingerprint density at radius 2 is 2.19 bits per heavy atom. The molecule has 21 heavy (non-hydrogen) atoms. The fourth-order valence-corrected chi connectivity index (χ4v) is 2.70. The van der Waals surface area contributed by atoms with Gasteiger partial charge in [0.15, 0.2) is 0 Å². The first-order valence-corrected chi connectivity index (χ1v) is 8.07. The van der Waals surface area contributed by atoms with E-state index in [0.717, 1.165) is 18.2 Å². The van der Waals surface area contributed by atoms with Crippen LogP contribution in [0.4, 0.5) is 11.1 Å². The molecule has 0 bridgehead atoms. The molecule has 1 aromatic heterocycles. The van der Waals surface area contributed by atoms with Gasteiger partial charge >= 0.3 is 0 Å². The number of carbonyl (C=O) groups is 1. The smallest absolute Gasteiger partial charge is 0.255 e. The molecule has 7 nitrogen and oxygen atoms in total. The average Bonchev–Trinajstić information content (AvgIpc) is 3.13. The van der Waals surface area contributed by atoms with Crippen LogP contribution >= 0.6 is 11.5 Å². The Labute approximate surface area is 128 Å². The van der Waals surface area contributed by atoms with E-state index in [1.54, 1.807) is 6.92 Å². The van der Waals surface area contributed by atoms with Crippen molar-refractivity contribution < 1.29 is 14.3 Å². The van der Waals surface area contributed by atoms with Crippen molar-refractivity contribution in [1.29, 1.82) is 0 Å². The third kappa shape index (κ3) is 4.90. The summed E-state index contributed by atoms with van der Waals surface area (Å²) < 4.78 is 14.7. The molecule has 0 unspecified atom stereocenters. The molecule has 1 aliphatic rings. The summed E-state index contributed by atoms with van der Waals surface area (Å²) >= 11 is 1.31. The van der Waals surface area contributed by atoms with Crippen LogP contribution in [0.25, 0.3) is 0 Å². The van der Waals surface area contributed by atoms with E-state index in [0.29, 0.717) is 25.8 Å². The lowest BCUT2D eigenvalue weighted by Crippen LogP contribution is -2.29. The quantitative estimate of drug-likeness (QED) is 0.733. The first kappa shape index (κ1) is 16.1. The van der Waals surface area contributed by atoms with Gasteiger partial charge in [0, 0.05) is 31.2 Å². The predicted molar refractivity (Wildman–Crippen MR) is 81.9 cm³/mol. The highest BCUT2D eigenvalue weighted by molar-refractivity contribution is 7.09. The Bertz CT molecular complexity index is 448. The Kier molecular flexibility index (Phi) is 6.34. The van der Waals surface area contributed by atoms with Gasteiger partial charge in [0.2, 0.25) is 11.1 Å². The van der Waals surface area contributed by atoms with E-state index in [2.05, 4.69) is 19.6 Å². The summed E-state index contributed by atoms with van der Waals surface area (Å²) in [4.78, 5) is 18.5. The fraction of sp³-hybridized carbons (Fsp3) is 0.769. The SMILES string of the molecule is CCOCCO[C@H](C)C(=O)Nc1nsc(N2CCCC2)n1. The Balaban J connectivity index is 1.76. The lowest BCUT2D eigenvalue weighted by atomic mass is 10.4. The van der Waals surface area contributed by atoms with E-state index >= 15 is 0 Å². The number of rotatable bonds is 8. The second-order valence-electron chi connectivity index (χ2n) is 4.79. The minimum absolute atomic E-state index is 0.239. The zero-order valence-corrected chi connectivity index (χ0v) is 13.3. The minimum atomic E-state index is -0.552. The number of amides is 1. The molecule has 2 rings (SSSR count). The van der Waals surface area contributed by atoms with E-state index in [9.17, 15) is 4.79 Å². The Hall–Kier alpha value is -1.25. The number of nitrogens with zero attached hydrogens (tertiary/aromatic N) is 3. The van der Waals surface area contributed by atoms with Crippen molar-refractivity contribution in [2.45, 2.75) is 32.8 Å². The first-order chi connectivity index (χ1) is 10.2. The van der Waals surface area contributed by atoms with E-state index < -0.39 is 6.10 Å². The van der Waals surface area contributed by atoms with Crippen molar-refractivity contribution in [2.75, 3.05) is 43.1 Å². The van der Waals surface area contributed by atoms with E-state index in [-0.39, 0.29) is 5.91 Å². The van der Waals surface area contributed by atoms with Gasteiger partial charge in [0.25, 0.3) is 5.91 Å². The van der Waals surface area contributed by atoms with Crippen molar-refractivity contribution in [1.82, 2.24) is 9.36 Å². The fourth-order valence-electron chi connectivity index (χ4n) is 2.02. The van der Waals surface area contributed by atoms with E-state index in [4.69, 9.17) is 9.47 Å². The van der Waals surface area contributed by atoms with Gasteiger partial charge in [-0.05, 0) is 26.7 Å².